The van der Waals surface area contributed by atoms with Crippen LogP contribution in [0.25, 0.3) is 0 Å². The molecule has 0 aliphatic heterocycles. The topological polar surface area (TPSA) is 52.5 Å². The summed E-state index contributed by atoms with van der Waals surface area (Å²) < 4.78 is 0. The Morgan fingerprint density at radius 3 is 2.04 bits per heavy atom. The molecule has 0 aliphatic rings. The van der Waals surface area contributed by atoms with Crippen LogP contribution in [-0.2, 0) is 6.42 Å². The molecule has 3 N–H and O–H groups in total. The minimum absolute atomic E-state index is 0.0306. The zero-order valence-corrected chi connectivity index (χ0v) is 15.1. The molecule has 2 aromatic carbocycles. The van der Waals surface area contributed by atoms with E-state index >= 15 is 0 Å². The van der Waals surface area contributed by atoms with Crippen molar-refractivity contribution in [1.82, 2.24) is 5.32 Å². The number of rotatable bonds is 11. The summed E-state index contributed by atoms with van der Waals surface area (Å²) in [6.45, 7) is 3.35. The predicted octanol–water partition coefficient (Wildman–Crippen LogP) is 3.58. The smallest absolute Gasteiger partial charge is 0.0626 e. The van der Waals surface area contributed by atoms with E-state index in [1.54, 1.807) is 0 Å². The third kappa shape index (κ3) is 6.62. The molecule has 3 nitrogen and oxygen atoms in total. The van der Waals surface area contributed by atoms with Crippen molar-refractivity contribution in [3.63, 3.8) is 0 Å². The van der Waals surface area contributed by atoms with Gasteiger partial charge in [0.1, 0.15) is 0 Å². The van der Waals surface area contributed by atoms with Gasteiger partial charge in [-0.15, -0.1) is 0 Å². The fraction of sp³-hybridized carbons (Fsp3) is 0.455. The van der Waals surface area contributed by atoms with Crippen molar-refractivity contribution < 1.29 is 10.2 Å². The first-order chi connectivity index (χ1) is 12.3. The number of nitrogens with one attached hydrogen (secondary N) is 1. The van der Waals surface area contributed by atoms with Crippen molar-refractivity contribution in [2.75, 3.05) is 19.8 Å². The summed E-state index contributed by atoms with van der Waals surface area (Å²) in [6.07, 6.45) is 2.96. The summed E-state index contributed by atoms with van der Waals surface area (Å²) in [4.78, 5) is 0. The molecular weight excluding hydrogens is 310 g/mol. The van der Waals surface area contributed by atoms with Gasteiger partial charge in [0.2, 0.25) is 0 Å². The highest BCUT2D eigenvalue weighted by Crippen LogP contribution is 2.21. The van der Waals surface area contributed by atoms with E-state index in [4.69, 9.17) is 0 Å². The Balaban J connectivity index is 1.87. The third-order valence-electron chi connectivity index (χ3n) is 4.91. The Kier molecular flexibility index (Phi) is 8.67. The first-order valence-electron chi connectivity index (χ1n) is 9.30. The van der Waals surface area contributed by atoms with Crippen LogP contribution in [0, 0.1) is 11.8 Å². The van der Waals surface area contributed by atoms with Gasteiger partial charge in [0.25, 0.3) is 0 Å². The van der Waals surface area contributed by atoms with Gasteiger partial charge in [0.15, 0.2) is 0 Å². The lowest BCUT2D eigenvalue weighted by Crippen LogP contribution is -2.31. The van der Waals surface area contributed by atoms with Crippen LogP contribution in [0.3, 0.4) is 0 Å². The van der Waals surface area contributed by atoms with Crippen molar-refractivity contribution in [2.45, 2.75) is 32.2 Å². The minimum Gasteiger partial charge on any atom is -0.396 e. The second-order valence-corrected chi connectivity index (χ2v) is 6.80. The van der Waals surface area contributed by atoms with E-state index in [0.29, 0.717) is 5.92 Å². The maximum Gasteiger partial charge on any atom is 0.0626 e. The minimum atomic E-state index is -0.0306. The molecule has 0 saturated heterocycles. The summed E-state index contributed by atoms with van der Waals surface area (Å²) in [5.41, 5.74) is 2.39. The van der Waals surface area contributed by atoms with Crippen LogP contribution in [0.5, 0.6) is 0 Å². The molecule has 3 atom stereocenters. The lowest BCUT2D eigenvalue weighted by atomic mass is 9.88. The largest absolute Gasteiger partial charge is 0.396 e. The SMILES string of the molecule is CC[C@H](CN[C@@H](CO)c1ccccc1)C[C@H](CO)Cc1ccccc1. The first kappa shape index (κ1) is 19.6. The Labute approximate surface area is 151 Å². The molecule has 0 amide bonds. The molecule has 25 heavy (non-hydrogen) atoms. The fourth-order valence-corrected chi connectivity index (χ4v) is 3.32. The van der Waals surface area contributed by atoms with Crippen molar-refractivity contribution >= 4 is 0 Å². The van der Waals surface area contributed by atoms with Crippen LogP contribution >= 0.6 is 0 Å². The molecule has 0 aromatic heterocycles. The van der Waals surface area contributed by atoms with Crippen LogP contribution in [0.1, 0.15) is 36.9 Å². The zero-order valence-electron chi connectivity index (χ0n) is 15.1. The maximum atomic E-state index is 9.77. The van der Waals surface area contributed by atoms with Gasteiger partial charge in [0, 0.05) is 6.61 Å². The highest BCUT2D eigenvalue weighted by molar-refractivity contribution is 5.19. The Hall–Kier alpha value is -1.68. The van der Waals surface area contributed by atoms with Gasteiger partial charge in [-0.25, -0.2) is 0 Å². The van der Waals surface area contributed by atoms with Gasteiger partial charge in [0.05, 0.1) is 12.6 Å². The molecule has 0 bridgehead atoms. The molecule has 2 rings (SSSR count). The second-order valence-electron chi connectivity index (χ2n) is 6.80. The highest BCUT2D eigenvalue weighted by atomic mass is 16.3. The molecule has 0 fully saturated rings. The van der Waals surface area contributed by atoms with Gasteiger partial charge in [-0.2, -0.15) is 0 Å². The average Bonchev–Trinajstić information content (AvgIpc) is 2.68. The van der Waals surface area contributed by atoms with E-state index in [-0.39, 0.29) is 25.2 Å². The number of benzene rings is 2. The van der Waals surface area contributed by atoms with E-state index in [1.807, 2.05) is 48.5 Å². The van der Waals surface area contributed by atoms with E-state index < -0.39 is 0 Å². The molecule has 0 aliphatic carbocycles. The first-order valence-corrected chi connectivity index (χ1v) is 9.30. The van der Waals surface area contributed by atoms with Crippen LogP contribution in [0.4, 0.5) is 0 Å². The molecule has 0 heterocycles. The summed E-state index contributed by atoms with van der Waals surface area (Å²) >= 11 is 0. The van der Waals surface area contributed by atoms with E-state index in [0.717, 1.165) is 31.4 Å². The highest BCUT2D eigenvalue weighted by Gasteiger charge is 2.17. The normalized spacial score (nSPS) is 14.8. The molecular formula is C22H31NO2. The maximum absolute atomic E-state index is 9.77. The van der Waals surface area contributed by atoms with Crippen molar-refractivity contribution in [2.24, 2.45) is 11.8 Å². The Bertz CT molecular complexity index is 573. The number of hydrogen-bond donors (Lipinski definition) is 3. The molecule has 0 spiro atoms. The number of aliphatic hydroxyl groups excluding tert-OH is 2. The Morgan fingerprint density at radius 1 is 0.840 bits per heavy atom. The van der Waals surface area contributed by atoms with Gasteiger partial charge < -0.3 is 15.5 Å². The third-order valence-corrected chi connectivity index (χ3v) is 4.91. The molecule has 136 valence electrons. The molecule has 0 saturated carbocycles. The van der Waals surface area contributed by atoms with E-state index in [1.165, 1.54) is 5.56 Å². The van der Waals surface area contributed by atoms with Crippen molar-refractivity contribution in [1.29, 1.82) is 0 Å². The van der Waals surface area contributed by atoms with Gasteiger partial charge in [-0.1, -0.05) is 74.0 Å². The Morgan fingerprint density at radius 2 is 1.48 bits per heavy atom. The van der Waals surface area contributed by atoms with E-state index in [2.05, 4.69) is 24.4 Å². The monoisotopic (exact) mass is 341 g/mol. The number of aliphatic hydroxyl groups is 2. The van der Waals surface area contributed by atoms with Crippen LogP contribution in [0.2, 0.25) is 0 Å². The summed E-state index contributed by atoms with van der Waals surface area (Å²) in [5.74, 6) is 0.761. The van der Waals surface area contributed by atoms with Crippen LogP contribution in [0.15, 0.2) is 60.7 Å². The average molecular weight is 341 g/mol. The molecule has 0 unspecified atom stereocenters. The summed E-state index contributed by atoms with van der Waals surface area (Å²) in [5, 5.41) is 23.0. The van der Waals surface area contributed by atoms with Crippen LogP contribution in [-0.4, -0.2) is 30.0 Å². The summed E-state index contributed by atoms with van der Waals surface area (Å²) in [7, 11) is 0. The molecule has 0 radical (unpaired) electrons. The predicted molar refractivity (Wildman–Crippen MR) is 103 cm³/mol. The van der Waals surface area contributed by atoms with Gasteiger partial charge >= 0.3 is 0 Å². The van der Waals surface area contributed by atoms with Crippen molar-refractivity contribution in [3.05, 3.63) is 71.8 Å². The molecule has 2 aromatic rings. The quantitative estimate of drug-likeness (QED) is 0.585. The van der Waals surface area contributed by atoms with Gasteiger partial charge in [-0.05, 0) is 42.3 Å². The van der Waals surface area contributed by atoms with Crippen molar-refractivity contribution in [3.8, 4) is 0 Å². The summed E-state index contributed by atoms with van der Waals surface area (Å²) in [6, 6.07) is 20.4. The number of hydrogen-bond acceptors (Lipinski definition) is 3. The lowest BCUT2D eigenvalue weighted by molar-refractivity contribution is 0.190. The molecule has 3 heteroatoms. The van der Waals surface area contributed by atoms with Gasteiger partial charge in [-0.3, -0.25) is 0 Å². The lowest BCUT2D eigenvalue weighted by Gasteiger charge is -2.24. The van der Waals surface area contributed by atoms with Crippen LogP contribution < -0.4 is 5.32 Å². The zero-order chi connectivity index (χ0) is 17.9. The fourth-order valence-electron chi connectivity index (χ4n) is 3.32. The van der Waals surface area contributed by atoms with E-state index in [9.17, 15) is 10.2 Å². The second kappa shape index (κ2) is 11.0. The standard InChI is InChI=1S/C22H31NO2/c1-2-18(13-20(16-24)14-19-9-5-3-6-10-19)15-23-22(17-25)21-11-7-4-8-12-21/h3-12,18,20,22-25H,2,13-17H2,1H3/t18-,20-,22-/m0/s1.